The van der Waals surface area contributed by atoms with Crippen molar-refractivity contribution >= 4 is 45.6 Å². The number of rotatable bonds is 0. The average Bonchev–Trinajstić information content (AvgIpc) is 3.19. The monoisotopic (exact) mass is 364 g/mol. The first-order chi connectivity index (χ1) is 12.3. The molecule has 0 fully saturated rings. The topological polar surface area (TPSA) is 35.6 Å². The first-order valence-corrected chi connectivity index (χ1v) is 10.4. The maximum atomic E-state index is 4.82. The summed E-state index contributed by atoms with van der Waals surface area (Å²) in [6.45, 7) is 2.07. The summed E-state index contributed by atoms with van der Waals surface area (Å²) < 4.78 is 4.85. The smallest absolute Gasteiger partial charge is 0.169 e. The van der Waals surface area contributed by atoms with Crippen LogP contribution in [0.25, 0.3) is 22.1 Å². The van der Waals surface area contributed by atoms with E-state index < -0.39 is 0 Å². The largest absolute Gasteiger partial charge is 0.318 e. The minimum Gasteiger partial charge on any atom is -0.318 e. The van der Waals surface area contributed by atoms with Gasteiger partial charge in [-0.05, 0) is 24.3 Å². The Morgan fingerprint density at radius 2 is 1.20 bits per heavy atom. The Morgan fingerprint density at radius 1 is 0.720 bits per heavy atom. The van der Waals surface area contributed by atoms with E-state index >= 15 is 0 Å². The molecule has 0 saturated carbocycles. The summed E-state index contributed by atoms with van der Waals surface area (Å²) in [4.78, 5) is 9.63. The van der Waals surface area contributed by atoms with E-state index in [4.69, 9.17) is 9.97 Å². The lowest BCUT2D eigenvalue weighted by Crippen LogP contribution is -2.41. The number of aromatic nitrogens is 4. The Hall–Kier alpha value is -1.92. The zero-order chi connectivity index (χ0) is 16.4. The van der Waals surface area contributed by atoms with Crippen molar-refractivity contribution in [3.63, 3.8) is 0 Å². The molecule has 0 saturated heterocycles. The standard InChI is InChI=1S/C19H16N4S2/c1-3-7-15-13(5-1)20-17-22(15)9-19(11-24-17)10-23-16-8-4-2-6-14(16)21-18(23)25-12-19/h1-8H,9-12H2. The zero-order valence-corrected chi connectivity index (χ0v) is 15.2. The first kappa shape index (κ1) is 14.3. The molecule has 0 N–H and O–H groups in total. The third-order valence-electron chi connectivity index (χ3n) is 5.24. The van der Waals surface area contributed by atoms with E-state index in [0.717, 1.165) is 45.9 Å². The van der Waals surface area contributed by atoms with Gasteiger partial charge in [0.25, 0.3) is 0 Å². The maximum absolute atomic E-state index is 4.82. The molecule has 2 aromatic heterocycles. The lowest BCUT2D eigenvalue weighted by atomic mass is 9.91. The van der Waals surface area contributed by atoms with Crippen LogP contribution in [-0.2, 0) is 13.1 Å². The molecule has 0 unspecified atom stereocenters. The number of hydrogen-bond acceptors (Lipinski definition) is 4. The van der Waals surface area contributed by atoms with E-state index in [1.165, 1.54) is 11.0 Å². The molecule has 6 heteroatoms. The minimum atomic E-state index is 0.252. The van der Waals surface area contributed by atoms with Crippen LogP contribution in [-0.4, -0.2) is 30.6 Å². The summed E-state index contributed by atoms with van der Waals surface area (Å²) in [5.74, 6) is 2.24. The number of thioether (sulfide) groups is 2. The van der Waals surface area contributed by atoms with E-state index in [0.29, 0.717) is 0 Å². The van der Waals surface area contributed by atoms with Crippen LogP contribution in [0.2, 0.25) is 0 Å². The number of fused-ring (bicyclic) bond motifs is 6. The Kier molecular flexibility index (Phi) is 2.88. The summed E-state index contributed by atoms with van der Waals surface area (Å²) in [6, 6.07) is 17.0. The van der Waals surface area contributed by atoms with Crippen LogP contribution in [0.15, 0.2) is 58.8 Å². The molecular formula is C19H16N4S2. The van der Waals surface area contributed by atoms with Crippen LogP contribution in [0, 0.1) is 5.41 Å². The second-order valence-corrected chi connectivity index (χ2v) is 8.90. The van der Waals surface area contributed by atoms with E-state index in [9.17, 15) is 0 Å². The molecule has 2 aliphatic heterocycles. The molecule has 6 rings (SSSR count). The summed E-state index contributed by atoms with van der Waals surface area (Å²) in [5, 5.41) is 2.33. The Bertz CT molecular complexity index is 1040. The van der Waals surface area contributed by atoms with Crippen molar-refractivity contribution < 1.29 is 0 Å². The molecule has 1 spiro atoms. The Morgan fingerprint density at radius 3 is 1.72 bits per heavy atom. The minimum absolute atomic E-state index is 0.252. The van der Waals surface area contributed by atoms with Gasteiger partial charge in [0, 0.05) is 30.0 Å². The predicted molar refractivity (Wildman–Crippen MR) is 103 cm³/mol. The highest BCUT2D eigenvalue weighted by atomic mass is 32.2. The molecular weight excluding hydrogens is 348 g/mol. The van der Waals surface area contributed by atoms with Crippen LogP contribution in [0.1, 0.15) is 0 Å². The predicted octanol–water partition coefficient (Wildman–Crippen LogP) is 4.28. The number of hydrogen-bond donors (Lipinski definition) is 0. The second-order valence-electron chi connectivity index (χ2n) is 7.02. The number of benzene rings is 2. The fourth-order valence-corrected chi connectivity index (χ4v) is 6.55. The summed E-state index contributed by atoms with van der Waals surface area (Å²) >= 11 is 3.81. The molecule has 4 heterocycles. The lowest BCUT2D eigenvalue weighted by Gasteiger charge is -2.40. The highest BCUT2D eigenvalue weighted by Gasteiger charge is 2.40. The molecule has 0 radical (unpaired) electrons. The molecule has 2 aromatic carbocycles. The first-order valence-electron chi connectivity index (χ1n) is 8.48. The van der Waals surface area contributed by atoms with Crippen LogP contribution in [0.4, 0.5) is 0 Å². The van der Waals surface area contributed by atoms with E-state index in [1.54, 1.807) is 0 Å². The van der Waals surface area contributed by atoms with Crippen molar-refractivity contribution in [2.45, 2.75) is 23.4 Å². The summed E-state index contributed by atoms with van der Waals surface area (Å²) in [7, 11) is 0. The van der Waals surface area contributed by atoms with Crippen molar-refractivity contribution in [3.8, 4) is 0 Å². The van der Waals surface area contributed by atoms with E-state index in [-0.39, 0.29) is 5.41 Å². The quantitative estimate of drug-likeness (QED) is 0.466. The van der Waals surface area contributed by atoms with Crippen molar-refractivity contribution in [1.82, 2.24) is 19.1 Å². The third kappa shape index (κ3) is 2.04. The molecule has 0 amide bonds. The van der Waals surface area contributed by atoms with Gasteiger partial charge in [-0.1, -0.05) is 47.8 Å². The third-order valence-corrected chi connectivity index (χ3v) is 7.89. The van der Waals surface area contributed by atoms with Crippen molar-refractivity contribution in [3.05, 3.63) is 48.5 Å². The van der Waals surface area contributed by atoms with Crippen LogP contribution < -0.4 is 0 Å². The molecule has 124 valence electrons. The van der Waals surface area contributed by atoms with Gasteiger partial charge in [0.15, 0.2) is 10.3 Å². The highest BCUT2D eigenvalue weighted by molar-refractivity contribution is 8.00. The highest BCUT2D eigenvalue weighted by Crippen LogP contribution is 2.46. The molecule has 0 bridgehead atoms. The van der Waals surface area contributed by atoms with Crippen molar-refractivity contribution in [2.75, 3.05) is 11.5 Å². The SMILES string of the molecule is c1ccc2c(c1)nc1n2CC2(CS1)CSc1nc3ccccc3n1C2. The van der Waals surface area contributed by atoms with Gasteiger partial charge in [-0.3, -0.25) is 0 Å². The Balaban J connectivity index is 1.45. The van der Waals surface area contributed by atoms with Gasteiger partial charge in [-0.25, -0.2) is 9.97 Å². The van der Waals surface area contributed by atoms with Crippen LogP contribution >= 0.6 is 23.5 Å². The summed E-state index contributed by atoms with van der Waals surface area (Å²) in [5.41, 5.74) is 4.99. The molecule has 2 aliphatic rings. The van der Waals surface area contributed by atoms with Gasteiger partial charge in [0.05, 0.1) is 22.1 Å². The van der Waals surface area contributed by atoms with Crippen molar-refractivity contribution in [1.29, 1.82) is 0 Å². The number of nitrogens with zero attached hydrogens (tertiary/aromatic N) is 4. The van der Waals surface area contributed by atoms with Crippen LogP contribution in [0.5, 0.6) is 0 Å². The second kappa shape index (κ2) is 5.05. The molecule has 4 nitrogen and oxygen atoms in total. The van der Waals surface area contributed by atoms with Crippen LogP contribution in [0.3, 0.4) is 0 Å². The van der Waals surface area contributed by atoms with Gasteiger partial charge in [-0.15, -0.1) is 0 Å². The number of imidazole rings is 2. The fourth-order valence-electron chi connectivity index (χ4n) is 4.01. The maximum Gasteiger partial charge on any atom is 0.169 e. The average molecular weight is 364 g/mol. The Labute approximate surface area is 153 Å². The van der Waals surface area contributed by atoms with Gasteiger partial charge >= 0.3 is 0 Å². The van der Waals surface area contributed by atoms with Gasteiger partial charge in [0.1, 0.15) is 0 Å². The normalized spacial score (nSPS) is 18.6. The van der Waals surface area contributed by atoms with E-state index in [2.05, 4.69) is 57.7 Å². The molecule has 25 heavy (non-hydrogen) atoms. The van der Waals surface area contributed by atoms with Gasteiger partial charge < -0.3 is 9.13 Å². The lowest BCUT2D eigenvalue weighted by molar-refractivity contribution is 0.249. The molecule has 0 aliphatic carbocycles. The van der Waals surface area contributed by atoms with Crippen molar-refractivity contribution in [2.24, 2.45) is 5.41 Å². The van der Waals surface area contributed by atoms with Gasteiger partial charge in [-0.2, -0.15) is 0 Å². The van der Waals surface area contributed by atoms with E-state index in [1.807, 2.05) is 23.5 Å². The van der Waals surface area contributed by atoms with Gasteiger partial charge in [0.2, 0.25) is 0 Å². The summed E-state index contributed by atoms with van der Waals surface area (Å²) in [6.07, 6.45) is 0. The zero-order valence-electron chi connectivity index (χ0n) is 13.6. The fraction of sp³-hybridized carbons (Fsp3) is 0.263. The molecule has 4 aromatic rings. The number of para-hydroxylation sites is 4. The molecule has 0 atom stereocenters.